The third-order valence-corrected chi connectivity index (χ3v) is 32.9. The molecule has 20 heteroatoms. The molecule has 0 aliphatic carbocycles. The lowest BCUT2D eigenvalue weighted by atomic mass is 9.98. The number of hydrogen-bond acceptors (Lipinski definition) is 13. The highest BCUT2D eigenvalue weighted by Gasteiger charge is 2.42. The van der Waals surface area contributed by atoms with Crippen molar-refractivity contribution in [2.24, 2.45) is 5.92 Å². The average Bonchev–Trinajstić information content (AvgIpc) is 3.21. The smallest absolute Gasteiger partial charge is 0.377 e. The normalized spacial score (nSPS) is 13.6. The van der Waals surface area contributed by atoms with Crippen molar-refractivity contribution < 1.29 is 57.9 Å². The van der Waals surface area contributed by atoms with Crippen LogP contribution in [0.5, 0.6) is 0 Å². The number of nitrogens with one attached hydrogen (secondary N) is 1. The molecule has 0 aromatic heterocycles. The van der Waals surface area contributed by atoms with Crippen molar-refractivity contribution in [1.82, 2.24) is 5.32 Å². The van der Waals surface area contributed by atoms with E-state index in [1.165, 1.54) is 36.3 Å². The summed E-state index contributed by atoms with van der Waals surface area (Å²) in [4.78, 5) is 12.1. The summed E-state index contributed by atoms with van der Waals surface area (Å²) in [6.45, 7) is 7.42. The molecule has 0 saturated heterocycles. The van der Waals surface area contributed by atoms with Crippen molar-refractivity contribution in [3.63, 3.8) is 0 Å². The molecular weight excluding hydrogens is 823 g/mol. The third-order valence-electron chi connectivity index (χ3n) is 12.2. The van der Waals surface area contributed by atoms with Gasteiger partial charge in [0.1, 0.15) is 0 Å². The van der Waals surface area contributed by atoms with Crippen LogP contribution in [0, 0.1) is 5.92 Å². The molecule has 0 aliphatic rings. The van der Waals surface area contributed by atoms with Gasteiger partial charge in [0.2, 0.25) is 5.91 Å². The van der Waals surface area contributed by atoms with E-state index in [0.717, 1.165) is 75.5 Å². The first-order valence-electron chi connectivity index (χ1n) is 20.4. The fourth-order valence-electron chi connectivity index (χ4n) is 8.17. The Morgan fingerprint density at radius 2 is 0.607 bits per heavy atom. The minimum atomic E-state index is -2.65. The molecule has 0 unspecified atom stereocenters. The second-order valence-corrected chi connectivity index (χ2v) is 38.4. The molecule has 0 rings (SSSR count). The van der Waals surface area contributed by atoms with Crippen LogP contribution in [0.4, 0.5) is 0 Å². The van der Waals surface area contributed by atoms with E-state index in [0.29, 0.717) is 12.5 Å². The lowest BCUT2D eigenvalue weighted by Gasteiger charge is -2.32. The minimum absolute atomic E-state index is 0.0294. The Labute approximate surface area is 348 Å². The Morgan fingerprint density at radius 3 is 0.804 bits per heavy atom. The monoisotopic (exact) mass is 907 g/mol. The van der Waals surface area contributed by atoms with Crippen LogP contribution in [0.15, 0.2) is 0 Å². The van der Waals surface area contributed by atoms with Gasteiger partial charge >= 0.3 is 35.2 Å². The van der Waals surface area contributed by atoms with Crippen LogP contribution >= 0.6 is 0 Å². The molecule has 336 valence electrons. The zero-order chi connectivity index (χ0) is 42.8. The second kappa shape index (κ2) is 29.5. The lowest BCUT2D eigenvalue weighted by molar-refractivity contribution is -0.119. The molecule has 0 radical (unpaired) electrons. The molecule has 1 N–H and O–H groups in total. The average molecular weight is 909 g/mol. The van der Waals surface area contributed by atoms with Gasteiger partial charge in [-0.05, 0) is 18.8 Å². The van der Waals surface area contributed by atoms with Gasteiger partial charge in [-0.3, -0.25) is 4.79 Å². The van der Waals surface area contributed by atoms with Crippen molar-refractivity contribution in [3.8, 4) is 0 Å². The largest absolute Gasteiger partial charge is 0.500 e. The highest BCUT2D eigenvalue weighted by atomic mass is 28.4. The summed E-state index contributed by atoms with van der Waals surface area (Å²) >= 11 is 0. The maximum atomic E-state index is 12.1. The standard InChI is InChI=1S/C36H85NO13Si6/c1-35(38)37-34-36(22-16-24-51(14,26-18-30-53(39-2,40-3)41-4)27-19-31-54(42-5,43-6)44-7)23-17-25-52(15,28-20-32-55(45-8,46-9)47-10)29-21-33-56(48-11,49-12)50-13/h36H,16-34H2,1-15H3,(H,37,38). The van der Waals surface area contributed by atoms with Crippen LogP contribution < -0.4 is 5.32 Å². The molecule has 0 saturated carbocycles. The van der Waals surface area contributed by atoms with Gasteiger partial charge in [-0.15, -0.1) is 0 Å². The van der Waals surface area contributed by atoms with Gasteiger partial charge in [0, 0.05) is 123 Å². The second-order valence-electron chi connectivity index (χ2n) is 15.8. The first kappa shape index (κ1) is 56.3. The zero-order valence-electron chi connectivity index (χ0n) is 38.3. The highest BCUT2D eigenvalue weighted by molar-refractivity contribution is 6.79. The Hall–Kier alpha value is 0.291. The zero-order valence-corrected chi connectivity index (χ0v) is 44.3. The van der Waals surface area contributed by atoms with Crippen LogP contribution in [0.3, 0.4) is 0 Å². The quantitative estimate of drug-likeness (QED) is 0.0612. The fourth-order valence-corrected chi connectivity index (χ4v) is 24.2. The van der Waals surface area contributed by atoms with Gasteiger partial charge in [-0.1, -0.05) is 87.9 Å². The molecule has 1 amide bonds. The van der Waals surface area contributed by atoms with E-state index in [-0.39, 0.29) is 5.91 Å². The summed E-state index contributed by atoms with van der Waals surface area (Å²) in [5.41, 5.74) is 0. The van der Waals surface area contributed by atoms with E-state index >= 15 is 0 Å². The summed E-state index contributed by atoms with van der Waals surface area (Å²) in [7, 11) is 6.26. The van der Waals surface area contributed by atoms with E-state index in [2.05, 4.69) is 18.4 Å². The summed E-state index contributed by atoms with van der Waals surface area (Å²) in [5, 5.41) is 3.16. The summed E-state index contributed by atoms with van der Waals surface area (Å²) < 4.78 is 69.0. The predicted octanol–water partition coefficient (Wildman–Crippen LogP) is 7.53. The minimum Gasteiger partial charge on any atom is -0.377 e. The number of rotatable bonds is 38. The molecule has 0 aliphatic heterocycles. The topological polar surface area (TPSA) is 140 Å². The van der Waals surface area contributed by atoms with Gasteiger partial charge in [-0.25, -0.2) is 0 Å². The Bertz CT molecular complexity index is 856. The van der Waals surface area contributed by atoms with Gasteiger partial charge in [0.25, 0.3) is 0 Å². The number of carbonyl (C=O) groups is 1. The first-order valence-corrected chi connectivity index (χ1v) is 34.4. The first-order chi connectivity index (χ1) is 26.6. The summed E-state index contributed by atoms with van der Waals surface area (Å²) in [6.07, 6.45) is 8.50. The predicted molar refractivity (Wildman–Crippen MR) is 238 cm³/mol. The molecule has 14 nitrogen and oxygen atoms in total. The molecular formula is C36H85NO13Si6. The molecule has 0 aromatic rings. The molecule has 0 atom stereocenters. The molecule has 0 aromatic carbocycles. The van der Waals surface area contributed by atoms with Crippen LogP contribution in [0.25, 0.3) is 0 Å². The van der Waals surface area contributed by atoms with Crippen LogP contribution in [-0.4, -0.2) is 149 Å². The Balaban J connectivity index is 5.91. The molecule has 0 heterocycles. The van der Waals surface area contributed by atoms with Gasteiger partial charge in [0.15, 0.2) is 0 Å². The fraction of sp³-hybridized carbons (Fsp3) is 0.972. The van der Waals surface area contributed by atoms with E-state index in [1.807, 2.05) is 0 Å². The van der Waals surface area contributed by atoms with E-state index in [1.54, 1.807) is 92.2 Å². The third kappa shape index (κ3) is 20.2. The van der Waals surface area contributed by atoms with Crippen LogP contribution in [-0.2, 0) is 57.9 Å². The molecule has 0 fully saturated rings. The summed E-state index contributed by atoms with van der Waals surface area (Å²) in [6, 6.07) is 10.3. The van der Waals surface area contributed by atoms with Crippen LogP contribution in [0.1, 0.15) is 58.3 Å². The van der Waals surface area contributed by atoms with Crippen LogP contribution in [0.2, 0.25) is 73.5 Å². The van der Waals surface area contributed by atoms with Crippen molar-refractivity contribution in [1.29, 1.82) is 0 Å². The van der Waals surface area contributed by atoms with Crippen molar-refractivity contribution in [2.45, 2.75) is 132 Å². The molecule has 0 spiro atoms. The SMILES string of the molecule is CO[Si](CCC[Si](C)(CCCC(CCC[Si](C)(CCC[Si](OC)(OC)OC)CCC[Si](OC)(OC)OC)CNC(C)=O)CCC[Si](OC)(OC)OC)(OC)OC. The Morgan fingerprint density at radius 1 is 0.393 bits per heavy atom. The number of hydrogen-bond donors (Lipinski definition) is 1. The molecule has 0 bridgehead atoms. The lowest BCUT2D eigenvalue weighted by Crippen LogP contribution is -2.44. The van der Waals surface area contributed by atoms with Crippen molar-refractivity contribution >= 4 is 57.3 Å². The number of amides is 1. The van der Waals surface area contributed by atoms with E-state index < -0.39 is 51.4 Å². The van der Waals surface area contributed by atoms with Gasteiger partial charge < -0.3 is 58.4 Å². The highest BCUT2D eigenvalue weighted by Crippen LogP contribution is 2.35. The van der Waals surface area contributed by atoms with E-state index in [9.17, 15) is 4.79 Å². The van der Waals surface area contributed by atoms with Gasteiger partial charge in [0.05, 0.1) is 16.1 Å². The Kier molecular flexibility index (Phi) is 29.7. The van der Waals surface area contributed by atoms with E-state index in [4.69, 9.17) is 53.1 Å². The maximum absolute atomic E-state index is 12.1. The molecule has 56 heavy (non-hydrogen) atoms. The van der Waals surface area contributed by atoms with Crippen molar-refractivity contribution in [2.75, 3.05) is 91.9 Å². The van der Waals surface area contributed by atoms with Gasteiger partial charge in [-0.2, -0.15) is 0 Å². The maximum Gasteiger partial charge on any atom is 0.500 e. The number of carbonyl (C=O) groups excluding carboxylic acids is 1. The van der Waals surface area contributed by atoms with Crippen molar-refractivity contribution in [3.05, 3.63) is 0 Å². The summed E-state index contributed by atoms with van der Waals surface area (Å²) in [5.74, 6) is 0.453.